The number of halogens is 2. The number of rotatable bonds is 6. The lowest BCUT2D eigenvalue weighted by Crippen LogP contribution is -2.31. The molecular weight excluding hydrogens is 385 g/mol. The normalized spacial score (nSPS) is 10.6. The van der Waals surface area contributed by atoms with Gasteiger partial charge in [-0.3, -0.25) is 4.79 Å². The first kappa shape index (κ1) is 19.1. The zero-order valence-corrected chi connectivity index (χ0v) is 16.2. The molecule has 0 N–H and O–H groups in total. The van der Waals surface area contributed by atoms with Crippen LogP contribution < -0.4 is 0 Å². The molecule has 138 valence electrons. The predicted octanol–water partition coefficient (Wildman–Crippen LogP) is 5.18. The van der Waals surface area contributed by atoms with Gasteiger partial charge >= 0.3 is 0 Å². The first-order chi connectivity index (χ1) is 13.0. The third-order valence-electron chi connectivity index (χ3n) is 3.89. The highest BCUT2D eigenvalue weighted by molar-refractivity contribution is 6.33. The number of carbonyl (C=O) groups excluding carboxylic acids is 1. The standard InChI is InChI=1S/C20H17Cl2N3O2/c1-3-10-25(20(26)16-9-4-13(2)11-17(16)22)12-18-23-19(24-27-18)14-5-7-15(21)8-6-14/h3-9,11H,1,10,12H2,2H3. The van der Waals surface area contributed by atoms with E-state index in [-0.39, 0.29) is 12.5 Å². The lowest BCUT2D eigenvalue weighted by molar-refractivity contribution is 0.0745. The fourth-order valence-electron chi connectivity index (χ4n) is 2.54. The Hall–Kier alpha value is -2.63. The molecule has 3 rings (SSSR count). The molecule has 0 aliphatic carbocycles. The molecule has 0 atom stereocenters. The average molecular weight is 402 g/mol. The summed E-state index contributed by atoms with van der Waals surface area (Å²) in [5.41, 5.74) is 2.18. The Balaban J connectivity index is 1.81. The molecule has 0 aliphatic heterocycles. The average Bonchev–Trinajstić information content (AvgIpc) is 3.10. The van der Waals surface area contributed by atoms with Crippen molar-refractivity contribution in [2.24, 2.45) is 0 Å². The van der Waals surface area contributed by atoms with Crippen molar-refractivity contribution in [3.63, 3.8) is 0 Å². The lowest BCUT2D eigenvalue weighted by Gasteiger charge is -2.19. The smallest absolute Gasteiger partial charge is 0.256 e. The van der Waals surface area contributed by atoms with Crippen LogP contribution in [-0.4, -0.2) is 27.5 Å². The van der Waals surface area contributed by atoms with E-state index in [1.807, 2.05) is 13.0 Å². The minimum atomic E-state index is -0.230. The molecule has 3 aromatic rings. The van der Waals surface area contributed by atoms with Gasteiger partial charge < -0.3 is 9.42 Å². The molecule has 0 saturated heterocycles. The molecule has 0 radical (unpaired) electrons. The summed E-state index contributed by atoms with van der Waals surface area (Å²) in [7, 11) is 0. The lowest BCUT2D eigenvalue weighted by atomic mass is 10.1. The summed E-state index contributed by atoms with van der Waals surface area (Å²) in [6.07, 6.45) is 1.64. The van der Waals surface area contributed by atoms with Crippen LogP contribution in [0.25, 0.3) is 11.4 Å². The molecule has 1 aromatic heterocycles. The Labute approximate surface area is 167 Å². The van der Waals surface area contributed by atoms with E-state index in [4.69, 9.17) is 27.7 Å². The number of hydrogen-bond acceptors (Lipinski definition) is 4. The van der Waals surface area contributed by atoms with Crippen molar-refractivity contribution >= 4 is 29.1 Å². The molecule has 7 heteroatoms. The van der Waals surface area contributed by atoms with E-state index in [0.717, 1.165) is 11.1 Å². The van der Waals surface area contributed by atoms with Crippen LogP contribution in [-0.2, 0) is 6.54 Å². The highest BCUT2D eigenvalue weighted by atomic mass is 35.5. The number of benzene rings is 2. The van der Waals surface area contributed by atoms with E-state index < -0.39 is 0 Å². The van der Waals surface area contributed by atoms with Gasteiger partial charge in [-0.05, 0) is 48.9 Å². The van der Waals surface area contributed by atoms with Crippen molar-refractivity contribution in [1.82, 2.24) is 15.0 Å². The van der Waals surface area contributed by atoms with E-state index >= 15 is 0 Å². The van der Waals surface area contributed by atoms with Crippen LogP contribution in [0.2, 0.25) is 10.0 Å². The van der Waals surface area contributed by atoms with Crippen molar-refractivity contribution in [3.8, 4) is 11.4 Å². The van der Waals surface area contributed by atoms with Gasteiger partial charge in [-0.2, -0.15) is 4.98 Å². The van der Waals surface area contributed by atoms with Crippen molar-refractivity contribution in [3.05, 3.63) is 82.2 Å². The SMILES string of the molecule is C=CCN(Cc1nc(-c2ccc(Cl)cc2)no1)C(=O)c1ccc(C)cc1Cl. The number of amides is 1. The minimum absolute atomic E-state index is 0.148. The summed E-state index contributed by atoms with van der Waals surface area (Å²) in [4.78, 5) is 18.8. The van der Waals surface area contributed by atoms with Gasteiger partial charge in [0.1, 0.15) is 6.54 Å². The molecular formula is C20H17Cl2N3O2. The third kappa shape index (κ3) is 4.56. The maximum absolute atomic E-state index is 12.9. The van der Waals surface area contributed by atoms with Crippen LogP contribution >= 0.6 is 23.2 Å². The van der Waals surface area contributed by atoms with Gasteiger partial charge in [-0.25, -0.2) is 0 Å². The Bertz CT molecular complexity index is 968. The Kier molecular flexibility index (Phi) is 5.94. The van der Waals surface area contributed by atoms with Crippen LogP contribution in [0.1, 0.15) is 21.8 Å². The first-order valence-electron chi connectivity index (χ1n) is 8.23. The second-order valence-corrected chi connectivity index (χ2v) is 6.82. The maximum atomic E-state index is 12.9. The molecule has 0 bridgehead atoms. The van der Waals surface area contributed by atoms with Crippen LogP contribution in [0.15, 0.2) is 59.6 Å². The quantitative estimate of drug-likeness (QED) is 0.533. The second-order valence-electron chi connectivity index (χ2n) is 5.98. The van der Waals surface area contributed by atoms with Gasteiger partial charge in [-0.15, -0.1) is 6.58 Å². The van der Waals surface area contributed by atoms with Gasteiger partial charge in [0.05, 0.1) is 10.6 Å². The number of aryl methyl sites for hydroxylation is 1. The number of nitrogens with zero attached hydrogens (tertiary/aromatic N) is 3. The molecule has 1 amide bonds. The molecule has 1 heterocycles. The molecule has 0 fully saturated rings. The predicted molar refractivity (Wildman–Crippen MR) is 106 cm³/mol. The monoisotopic (exact) mass is 401 g/mol. The van der Waals surface area contributed by atoms with Crippen molar-refractivity contribution in [1.29, 1.82) is 0 Å². The summed E-state index contributed by atoms with van der Waals surface area (Å²) in [6.45, 7) is 6.09. The number of aromatic nitrogens is 2. The van der Waals surface area contributed by atoms with E-state index in [1.54, 1.807) is 47.4 Å². The molecule has 0 aliphatic rings. The molecule has 0 spiro atoms. The fourth-order valence-corrected chi connectivity index (χ4v) is 2.98. The molecule has 27 heavy (non-hydrogen) atoms. The number of hydrogen-bond donors (Lipinski definition) is 0. The highest BCUT2D eigenvalue weighted by Gasteiger charge is 2.20. The molecule has 2 aromatic carbocycles. The summed E-state index contributed by atoms with van der Waals surface area (Å²) >= 11 is 12.1. The third-order valence-corrected chi connectivity index (χ3v) is 4.45. The van der Waals surface area contributed by atoms with Crippen LogP contribution in [0, 0.1) is 6.92 Å². The van der Waals surface area contributed by atoms with Gasteiger partial charge in [0.2, 0.25) is 11.7 Å². The van der Waals surface area contributed by atoms with E-state index in [9.17, 15) is 4.79 Å². The Morgan fingerprint density at radius 1 is 1.22 bits per heavy atom. The van der Waals surface area contributed by atoms with Crippen molar-refractivity contribution in [2.45, 2.75) is 13.5 Å². The van der Waals surface area contributed by atoms with E-state index in [1.165, 1.54) is 0 Å². The van der Waals surface area contributed by atoms with Crippen LogP contribution in [0.4, 0.5) is 0 Å². The van der Waals surface area contributed by atoms with Gasteiger partial charge in [0.25, 0.3) is 5.91 Å². The summed E-state index contributed by atoms with van der Waals surface area (Å²) in [5.74, 6) is 0.519. The van der Waals surface area contributed by atoms with Crippen molar-refractivity contribution in [2.75, 3.05) is 6.54 Å². The topological polar surface area (TPSA) is 59.2 Å². The summed E-state index contributed by atoms with van der Waals surface area (Å²) < 4.78 is 5.31. The largest absolute Gasteiger partial charge is 0.337 e. The molecule has 5 nitrogen and oxygen atoms in total. The van der Waals surface area contributed by atoms with Crippen LogP contribution in [0.5, 0.6) is 0 Å². The van der Waals surface area contributed by atoms with Crippen molar-refractivity contribution < 1.29 is 9.32 Å². The van der Waals surface area contributed by atoms with Gasteiger partial charge in [0.15, 0.2) is 0 Å². The minimum Gasteiger partial charge on any atom is -0.337 e. The Morgan fingerprint density at radius 3 is 2.63 bits per heavy atom. The Morgan fingerprint density at radius 2 is 1.96 bits per heavy atom. The van der Waals surface area contributed by atoms with E-state index in [0.29, 0.717) is 33.9 Å². The molecule has 0 saturated carbocycles. The second kappa shape index (κ2) is 8.37. The first-order valence-corrected chi connectivity index (χ1v) is 8.98. The highest BCUT2D eigenvalue weighted by Crippen LogP contribution is 2.22. The summed E-state index contributed by atoms with van der Waals surface area (Å²) in [5, 5.41) is 5.00. The zero-order valence-electron chi connectivity index (χ0n) is 14.7. The van der Waals surface area contributed by atoms with E-state index in [2.05, 4.69) is 16.7 Å². The number of carbonyl (C=O) groups is 1. The van der Waals surface area contributed by atoms with Gasteiger partial charge in [0, 0.05) is 17.1 Å². The summed E-state index contributed by atoms with van der Waals surface area (Å²) in [6, 6.07) is 12.4. The molecule has 0 unspecified atom stereocenters. The fraction of sp³-hybridized carbons (Fsp3) is 0.150. The van der Waals surface area contributed by atoms with Crippen LogP contribution in [0.3, 0.4) is 0 Å². The van der Waals surface area contributed by atoms with Gasteiger partial charge in [-0.1, -0.05) is 40.5 Å². The maximum Gasteiger partial charge on any atom is 0.256 e. The zero-order chi connectivity index (χ0) is 19.4.